The summed E-state index contributed by atoms with van der Waals surface area (Å²) in [6.45, 7) is 2.25. The molecule has 1 aliphatic rings. The molecule has 7 nitrogen and oxygen atoms in total. The minimum absolute atomic E-state index is 0.0772. The largest absolute Gasteiger partial charge is 0.497 e. The summed E-state index contributed by atoms with van der Waals surface area (Å²) in [4.78, 5) is 20.3. The molecule has 1 aromatic heterocycles. The number of nitrogens with zero attached hydrogens (tertiary/aromatic N) is 2. The summed E-state index contributed by atoms with van der Waals surface area (Å²) >= 11 is 0. The molecule has 2 heterocycles. The molecule has 0 radical (unpaired) electrons. The topological polar surface area (TPSA) is 95.4 Å². The summed E-state index contributed by atoms with van der Waals surface area (Å²) in [6.07, 6.45) is 2.74. The Morgan fingerprint density at radius 2 is 1.89 bits per heavy atom. The van der Waals surface area contributed by atoms with Gasteiger partial charge in [-0.2, -0.15) is 0 Å². The lowest BCUT2D eigenvalue weighted by Crippen LogP contribution is -2.30. The third-order valence-electron chi connectivity index (χ3n) is 6.51. The molecular formula is C27H30F2N4O3S. The number of hydrogen-bond acceptors (Lipinski definition) is 6. The third-order valence-corrected chi connectivity index (χ3v) is 7.66. The van der Waals surface area contributed by atoms with Crippen molar-refractivity contribution in [3.8, 4) is 16.9 Å². The van der Waals surface area contributed by atoms with Crippen LogP contribution in [0.1, 0.15) is 35.2 Å². The fraction of sp³-hybridized carbons (Fsp3) is 0.333. The quantitative estimate of drug-likeness (QED) is 0.410. The minimum Gasteiger partial charge on any atom is -0.497 e. The van der Waals surface area contributed by atoms with Crippen molar-refractivity contribution >= 4 is 27.1 Å². The number of amides is 1. The van der Waals surface area contributed by atoms with E-state index < -0.39 is 21.6 Å². The van der Waals surface area contributed by atoms with E-state index in [1.807, 2.05) is 31.2 Å². The van der Waals surface area contributed by atoms with E-state index in [1.165, 1.54) is 12.3 Å². The molecule has 0 aliphatic carbocycles. The first kappa shape index (κ1) is 26.5. The van der Waals surface area contributed by atoms with Gasteiger partial charge in [0.2, 0.25) is 5.92 Å². The van der Waals surface area contributed by atoms with E-state index >= 15 is 0 Å². The van der Waals surface area contributed by atoms with Gasteiger partial charge >= 0.3 is 0 Å². The zero-order valence-corrected chi connectivity index (χ0v) is 21.8. The van der Waals surface area contributed by atoms with Crippen molar-refractivity contribution < 1.29 is 22.5 Å². The fourth-order valence-electron chi connectivity index (χ4n) is 4.45. The van der Waals surface area contributed by atoms with Gasteiger partial charge in [0.15, 0.2) is 0 Å². The molecular weight excluding hydrogens is 498 g/mol. The lowest BCUT2D eigenvalue weighted by molar-refractivity contribution is -0.0102. The summed E-state index contributed by atoms with van der Waals surface area (Å²) in [7, 11) is -1.40. The van der Waals surface area contributed by atoms with Crippen molar-refractivity contribution in [3.63, 3.8) is 0 Å². The zero-order chi connectivity index (χ0) is 26.8. The summed E-state index contributed by atoms with van der Waals surface area (Å²) in [6, 6.07) is 13.7. The predicted octanol–water partition coefficient (Wildman–Crippen LogP) is 5.98. The smallest absolute Gasteiger partial charge is 0.259 e. The highest BCUT2D eigenvalue weighted by molar-refractivity contribution is 7.91. The van der Waals surface area contributed by atoms with Crippen LogP contribution in [0, 0.1) is 11.7 Å². The second kappa shape index (κ2) is 10.5. The lowest BCUT2D eigenvalue weighted by atomic mass is 9.97. The average Bonchev–Trinajstić information content (AvgIpc) is 3.03. The van der Waals surface area contributed by atoms with Gasteiger partial charge in [-0.05, 0) is 54.8 Å². The van der Waals surface area contributed by atoms with Gasteiger partial charge in [0, 0.05) is 54.5 Å². The SMILES string of the molecule is COc1ccc(-c2cnc(N3CCCC(F)(F)CC3)c(C(=O)Nc3cccc(S(C)(=N)=O)c3)c2C)cc1. The van der Waals surface area contributed by atoms with Crippen molar-refractivity contribution in [2.45, 2.75) is 37.0 Å². The van der Waals surface area contributed by atoms with E-state index in [0.29, 0.717) is 34.3 Å². The van der Waals surface area contributed by atoms with E-state index in [1.54, 1.807) is 36.4 Å². The highest BCUT2D eigenvalue weighted by Gasteiger charge is 2.33. The molecule has 10 heteroatoms. The molecule has 3 aromatic rings. The Hall–Kier alpha value is -3.53. The van der Waals surface area contributed by atoms with Crippen LogP contribution in [0.15, 0.2) is 59.6 Å². The van der Waals surface area contributed by atoms with Crippen LogP contribution in [0.3, 0.4) is 0 Å². The summed E-state index contributed by atoms with van der Waals surface area (Å²) in [5, 5.41) is 2.84. The Morgan fingerprint density at radius 3 is 2.57 bits per heavy atom. The molecule has 1 amide bonds. The molecule has 1 fully saturated rings. The van der Waals surface area contributed by atoms with E-state index in [-0.39, 0.29) is 31.4 Å². The van der Waals surface area contributed by atoms with Crippen LogP contribution in [0.2, 0.25) is 0 Å². The normalized spacial score (nSPS) is 16.9. The monoisotopic (exact) mass is 528 g/mol. The Morgan fingerprint density at radius 1 is 1.16 bits per heavy atom. The number of alkyl halides is 2. The van der Waals surface area contributed by atoms with Gasteiger partial charge in [0.1, 0.15) is 11.6 Å². The highest BCUT2D eigenvalue weighted by atomic mass is 32.2. The number of pyridine rings is 1. The molecule has 2 N–H and O–H groups in total. The van der Waals surface area contributed by atoms with Crippen molar-refractivity contribution in [1.82, 2.24) is 4.98 Å². The average molecular weight is 529 g/mol. The fourth-order valence-corrected chi connectivity index (χ4v) is 5.14. The predicted molar refractivity (Wildman–Crippen MR) is 141 cm³/mol. The molecule has 2 aromatic carbocycles. The first-order chi connectivity index (χ1) is 17.5. The molecule has 37 heavy (non-hydrogen) atoms. The number of benzene rings is 2. The van der Waals surface area contributed by atoms with Crippen LogP contribution >= 0.6 is 0 Å². The van der Waals surface area contributed by atoms with Crippen molar-refractivity contribution in [1.29, 1.82) is 4.78 Å². The molecule has 1 saturated heterocycles. The zero-order valence-electron chi connectivity index (χ0n) is 21.0. The maximum atomic E-state index is 14.1. The first-order valence-corrected chi connectivity index (χ1v) is 13.9. The Balaban J connectivity index is 1.78. The standard InChI is InChI=1S/C27H30F2N4O3S/c1-18-23(19-8-10-21(36-2)11-9-19)17-31-25(33-14-5-12-27(28,29)13-15-33)24(18)26(34)32-20-6-4-7-22(16-20)37(3,30)35/h4,6-11,16-17,30H,5,12-15H2,1-3H3,(H,32,34). The van der Waals surface area contributed by atoms with Crippen molar-refractivity contribution in [2.24, 2.45) is 0 Å². The van der Waals surface area contributed by atoms with Gasteiger partial charge in [-0.1, -0.05) is 18.2 Å². The minimum atomic E-state index is -2.98. The van der Waals surface area contributed by atoms with Crippen LogP contribution in [0.4, 0.5) is 20.3 Å². The number of carbonyl (C=O) groups excluding carboxylic acids is 1. The van der Waals surface area contributed by atoms with Crippen LogP contribution in [-0.2, 0) is 9.73 Å². The van der Waals surface area contributed by atoms with Crippen molar-refractivity contribution in [2.75, 3.05) is 36.7 Å². The number of anilines is 2. The molecule has 0 spiro atoms. The van der Waals surface area contributed by atoms with Crippen molar-refractivity contribution in [3.05, 3.63) is 65.9 Å². The van der Waals surface area contributed by atoms with Crippen LogP contribution in [0.25, 0.3) is 11.1 Å². The number of aromatic nitrogens is 1. The third kappa shape index (κ3) is 6.07. The van der Waals surface area contributed by atoms with E-state index in [0.717, 1.165) is 11.1 Å². The van der Waals surface area contributed by atoms with Gasteiger partial charge in [-0.15, -0.1) is 0 Å². The molecule has 0 bridgehead atoms. The summed E-state index contributed by atoms with van der Waals surface area (Å²) < 4.78 is 53.5. The molecule has 4 rings (SSSR count). The highest BCUT2D eigenvalue weighted by Crippen LogP contribution is 2.35. The van der Waals surface area contributed by atoms with Crippen LogP contribution < -0.4 is 15.0 Å². The lowest BCUT2D eigenvalue weighted by Gasteiger charge is -2.26. The number of hydrogen-bond donors (Lipinski definition) is 2. The number of carbonyl (C=O) groups is 1. The maximum Gasteiger partial charge on any atom is 0.259 e. The maximum absolute atomic E-state index is 14.1. The molecule has 1 aliphatic heterocycles. The van der Waals surface area contributed by atoms with E-state index in [9.17, 15) is 17.8 Å². The number of rotatable bonds is 6. The van der Waals surface area contributed by atoms with Gasteiger partial charge in [0.05, 0.1) is 22.4 Å². The van der Waals surface area contributed by atoms with Gasteiger partial charge in [0.25, 0.3) is 5.91 Å². The number of ether oxygens (including phenoxy) is 1. The molecule has 196 valence electrons. The van der Waals surface area contributed by atoms with E-state index in [4.69, 9.17) is 9.52 Å². The van der Waals surface area contributed by atoms with Gasteiger partial charge < -0.3 is 15.0 Å². The Kier molecular flexibility index (Phi) is 7.49. The molecule has 0 saturated carbocycles. The second-order valence-electron chi connectivity index (χ2n) is 9.25. The van der Waals surface area contributed by atoms with Crippen LogP contribution in [-0.4, -0.2) is 47.5 Å². The van der Waals surface area contributed by atoms with Gasteiger partial charge in [-0.25, -0.2) is 22.8 Å². The molecule has 1 atom stereocenters. The van der Waals surface area contributed by atoms with E-state index in [2.05, 4.69) is 10.3 Å². The number of halogens is 2. The molecule has 1 unspecified atom stereocenters. The first-order valence-electron chi connectivity index (χ1n) is 11.9. The number of nitrogens with one attached hydrogen (secondary N) is 2. The van der Waals surface area contributed by atoms with Gasteiger partial charge in [-0.3, -0.25) is 4.79 Å². The Labute approximate surface area is 215 Å². The van der Waals surface area contributed by atoms with Crippen LogP contribution in [0.5, 0.6) is 5.75 Å². The number of methoxy groups -OCH3 is 1. The Bertz CT molecular complexity index is 1410. The second-order valence-corrected chi connectivity index (χ2v) is 11.4. The summed E-state index contributed by atoms with van der Waals surface area (Å²) in [5.41, 5.74) is 2.88. The summed E-state index contributed by atoms with van der Waals surface area (Å²) in [5.74, 6) is -2.17.